The van der Waals surface area contributed by atoms with E-state index in [0.717, 1.165) is 26.7 Å². The molecule has 0 aliphatic heterocycles. The van der Waals surface area contributed by atoms with Crippen molar-refractivity contribution in [3.05, 3.63) is 47.8 Å². The molecule has 2 aromatic heterocycles. The van der Waals surface area contributed by atoms with Gasteiger partial charge in [0, 0.05) is 21.0 Å². The molecule has 0 atom stereocenters. The molecular weight excluding hydrogens is 380 g/mol. The molecule has 3 N–H and O–H groups in total. The number of alkyl halides is 1. The lowest BCUT2D eigenvalue weighted by Crippen LogP contribution is -2.12. The van der Waals surface area contributed by atoms with Crippen LogP contribution in [0.4, 0.5) is 10.7 Å². The molecule has 0 fully saturated rings. The second-order valence-electron chi connectivity index (χ2n) is 4.63. The summed E-state index contributed by atoms with van der Waals surface area (Å²) in [6, 6.07) is 14.0. The number of anilines is 2. The monoisotopic (exact) mass is 392 g/mol. The van der Waals surface area contributed by atoms with Gasteiger partial charge in [-0.3, -0.25) is 4.79 Å². The Hall–Kier alpha value is -1.63. The molecule has 0 saturated heterocycles. The van der Waals surface area contributed by atoms with Crippen LogP contribution in [-0.2, 0) is 4.79 Å². The molecule has 0 aliphatic carbocycles. The van der Waals surface area contributed by atoms with E-state index in [-0.39, 0.29) is 11.2 Å². The van der Waals surface area contributed by atoms with Crippen LogP contribution in [0.5, 0.6) is 0 Å². The maximum absolute atomic E-state index is 11.5. The summed E-state index contributed by atoms with van der Waals surface area (Å²) in [5.41, 5.74) is 8.96. The van der Waals surface area contributed by atoms with Crippen LogP contribution in [0.15, 0.2) is 47.8 Å². The summed E-state index contributed by atoms with van der Waals surface area (Å²) in [5.74, 6) is -0.0743. The van der Waals surface area contributed by atoms with Crippen molar-refractivity contribution in [3.63, 3.8) is 0 Å². The summed E-state index contributed by atoms with van der Waals surface area (Å²) in [6.07, 6.45) is 0. The Kier molecular flexibility index (Phi) is 4.61. The molecule has 0 spiro atoms. The largest absolute Gasteiger partial charge is 0.390 e. The van der Waals surface area contributed by atoms with Gasteiger partial charge in [-0.1, -0.05) is 34.1 Å². The van der Waals surface area contributed by atoms with Crippen LogP contribution in [0.1, 0.15) is 0 Å². The highest BCUT2D eigenvalue weighted by molar-refractivity contribution is 9.09. The van der Waals surface area contributed by atoms with Gasteiger partial charge in [-0.25, -0.2) is 0 Å². The smallest absolute Gasteiger partial charge is 0.235 e. The molecule has 22 heavy (non-hydrogen) atoms. The van der Waals surface area contributed by atoms with E-state index < -0.39 is 0 Å². The van der Waals surface area contributed by atoms with Crippen LogP contribution < -0.4 is 11.1 Å². The van der Waals surface area contributed by atoms with E-state index in [1.165, 1.54) is 4.88 Å². The topological polar surface area (TPSA) is 55.1 Å². The first-order chi connectivity index (χ1) is 10.7. The summed E-state index contributed by atoms with van der Waals surface area (Å²) in [6.45, 7) is 0. The summed E-state index contributed by atoms with van der Waals surface area (Å²) < 4.78 is 0. The van der Waals surface area contributed by atoms with Gasteiger partial charge in [0.15, 0.2) is 0 Å². The maximum Gasteiger partial charge on any atom is 0.235 e. The van der Waals surface area contributed by atoms with E-state index in [1.807, 2.05) is 30.3 Å². The van der Waals surface area contributed by atoms with Crippen molar-refractivity contribution < 1.29 is 4.79 Å². The van der Waals surface area contributed by atoms with E-state index in [2.05, 4.69) is 38.8 Å². The highest BCUT2D eigenvalue weighted by Crippen LogP contribution is 2.41. The fourth-order valence-corrected chi connectivity index (χ4v) is 4.04. The number of benzene rings is 1. The van der Waals surface area contributed by atoms with E-state index in [0.29, 0.717) is 0 Å². The number of thiophene rings is 2. The molecule has 3 rings (SSSR count). The Labute approximate surface area is 144 Å². The number of hydrogen-bond donors (Lipinski definition) is 2. The number of nitrogens with two attached hydrogens (primary N) is 1. The van der Waals surface area contributed by atoms with Gasteiger partial charge in [0.2, 0.25) is 5.91 Å². The van der Waals surface area contributed by atoms with E-state index >= 15 is 0 Å². The minimum Gasteiger partial charge on any atom is -0.390 e. The summed E-state index contributed by atoms with van der Waals surface area (Å²) in [7, 11) is 0. The van der Waals surface area contributed by atoms with Crippen LogP contribution in [0.25, 0.3) is 20.9 Å². The van der Waals surface area contributed by atoms with Gasteiger partial charge in [0.25, 0.3) is 0 Å². The molecule has 3 nitrogen and oxygen atoms in total. The van der Waals surface area contributed by atoms with E-state index in [9.17, 15) is 4.79 Å². The van der Waals surface area contributed by atoms with Crippen molar-refractivity contribution in [2.75, 3.05) is 16.4 Å². The zero-order valence-electron chi connectivity index (χ0n) is 11.5. The van der Waals surface area contributed by atoms with Gasteiger partial charge in [-0.05, 0) is 35.2 Å². The summed E-state index contributed by atoms with van der Waals surface area (Å²) in [4.78, 5) is 13.9. The average Bonchev–Trinajstić information content (AvgIpc) is 3.16. The Bertz CT molecular complexity index is 796. The first kappa shape index (κ1) is 15.3. The summed E-state index contributed by atoms with van der Waals surface area (Å²) in [5, 5.41) is 5.95. The molecule has 3 aromatic rings. The number of rotatable bonds is 4. The number of hydrogen-bond acceptors (Lipinski definition) is 4. The first-order valence-corrected chi connectivity index (χ1v) is 9.38. The van der Waals surface area contributed by atoms with Crippen LogP contribution in [-0.4, -0.2) is 11.2 Å². The van der Waals surface area contributed by atoms with Crippen molar-refractivity contribution in [1.82, 2.24) is 0 Å². The Morgan fingerprint density at radius 2 is 2.05 bits per heavy atom. The zero-order chi connectivity index (χ0) is 15.5. The predicted molar refractivity (Wildman–Crippen MR) is 99.9 cm³/mol. The lowest BCUT2D eigenvalue weighted by Gasteiger charge is -2.06. The molecule has 0 saturated carbocycles. The highest BCUT2D eigenvalue weighted by Gasteiger charge is 2.11. The van der Waals surface area contributed by atoms with Gasteiger partial charge in [-0.15, -0.1) is 22.7 Å². The molecule has 0 aliphatic rings. The van der Waals surface area contributed by atoms with E-state index in [1.54, 1.807) is 22.7 Å². The summed E-state index contributed by atoms with van der Waals surface area (Å²) >= 11 is 6.43. The van der Waals surface area contributed by atoms with Gasteiger partial charge in [0.05, 0.1) is 10.3 Å². The third-order valence-electron chi connectivity index (χ3n) is 3.10. The third-order valence-corrected chi connectivity index (χ3v) is 5.64. The fraction of sp³-hybridized carbons (Fsp3) is 0.0625. The van der Waals surface area contributed by atoms with Crippen molar-refractivity contribution >= 4 is 55.2 Å². The maximum atomic E-state index is 11.5. The second-order valence-corrected chi connectivity index (χ2v) is 7.22. The number of amides is 1. The molecule has 0 radical (unpaired) electrons. The number of halogens is 1. The Balaban J connectivity index is 1.94. The Morgan fingerprint density at radius 3 is 2.77 bits per heavy atom. The average molecular weight is 393 g/mol. The molecule has 1 amide bonds. The zero-order valence-corrected chi connectivity index (χ0v) is 14.7. The highest BCUT2D eigenvalue weighted by atomic mass is 79.9. The fourth-order valence-electron chi connectivity index (χ4n) is 2.13. The SMILES string of the molecule is Nc1sc(-c2cccs2)cc1-c1cccc(NC(=O)CBr)c1. The lowest BCUT2D eigenvalue weighted by atomic mass is 10.1. The minimum absolute atomic E-state index is 0.0743. The van der Waals surface area contributed by atoms with Crippen LogP contribution >= 0.6 is 38.6 Å². The first-order valence-electron chi connectivity index (χ1n) is 6.57. The molecular formula is C16H13BrN2OS2. The quantitative estimate of drug-likeness (QED) is 0.609. The van der Waals surface area contributed by atoms with Crippen LogP contribution in [0.2, 0.25) is 0 Å². The standard InChI is InChI=1S/C16H13BrN2OS2/c17-9-15(20)19-11-4-1-3-10(7-11)12-8-14(22-16(12)18)13-5-2-6-21-13/h1-8H,9,18H2,(H,19,20). The molecule has 2 heterocycles. The lowest BCUT2D eigenvalue weighted by molar-refractivity contribution is -0.113. The molecule has 0 bridgehead atoms. The van der Waals surface area contributed by atoms with Crippen molar-refractivity contribution in [2.45, 2.75) is 0 Å². The third kappa shape index (κ3) is 3.24. The molecule has 6 heteroatoms. The van der Waals surface area contributed by atoms with Crippen LogP contribution in [0, 0.1) is 0 Å². The number of nitrogen functional groups attached to an aromatic ring is 1. The predicted octanol–water partition coefficient (Wildman–Crippen LogP) is 5.06. The Morgan fingerprint density at radius 1 is 1.18 bits per heavy atom. The van der Waals surface area contributed by atoms with Crippen LogP contribution in [0.3, 0.4) is 0 Å². The van der Waals surface area contributed by atoms with Gasteiger partial charge < -0.3 is 11.1 Å². The second kappa shape index (κ2) is 6.64. The van der Waals surface area contributed by atoms with Gasteiger partial charge >= 0.3 is 0 Å². The molecule has 0 unspecified atom stereocenters. The normalized spacial score (nSPS) is 10.6. The van der Waals surface area contributed by atoms with E-state index in [4.69, 9.17) is 5.73 Å². The molecule has 112 valence electrons. The van der Waals surface area contributed by atoms with Gasteiger partial charge in [-0.2, -0.15) is 0 Å². The minimum atomic E-state index is -0.0743. The van der Waals surface area contributed by atoms with Gasteiger partial charge in [0.1, 0.15) is 0 Å². The van der Waals surface area contributed by atoms with Crippen molar-refractivity contribution in [3.8, 4) is 20.9 Å². The van der Waals surface area contributed by atoms with Crippen molar-refractivity contribution in [1.29, 1.82) is 0 Å². The number of nitrogens with one attached hydrogen (secondary N) is 1. The molecule has 1 aromatic carbocycles. The number of carbonyl (C=O) groups excluding carboxylic acids is 1. The van der Waals surface area contributed by atoms with Crippen molar-refractivity contribution in [2.24, 2.45) is 0 Å². The number of carbonyl (C=O) groups is 1.